The molecule has 5 nitrogen and oxygen atoms in total. The Morgan fingerprint density at radius 1 is 1.17 bits per heavy atom. The lowest BCUT2D eigenvalue weighted by molar-refractivity contribution is -0.137. The molecule has 0 fully saturated rings. The molecule has 0 heterocycles. The molecular weight excluding hydrogens is 306 g/mol. The minimum atomic E-state index is -0.818. The Hall–Kier alpha value is -2.17. The molecule has 0 amide bonds. The van der Waals surface area contributed by atoms with E-state index in [2.05, 4.69) is 4.99 Å². The van der Waals surface area contributed by atoms with Crippen LogP contribution in [0.4, 0.5) is 0 Å². The van der Waals surface area contributed by atoms with Gasteiger partial charge in [-0.1, -0.05) is 20.8 Å². The molecule has 24 heavy (non-hydrogen) atoms. The van der Waals surface area contributed by atoms with Crippen molar-refractivity contribution in [2.24, 2.45) is 10.4 Å². The van der Waals surface area contributed by atoms with Crippen molar-refractivity contribution in [3.05, 3.63) is 29.8 Å². The zero-order valence-corrected chi connectivity index (χ0v) is 15.0. The highest BCUT2D eigenvalue weighted by atomic mass is 16.5. The van der Waals surface area contributed by atoms with Crippen LogP contribution in [0.25, 0.3) is 0 Å². The Kier molecular flexibility index (Phi) is 7.62. The lowest BCUT2D eigenvalue weighted by Crippen LogP contribution is -2.15. The van der Waals surface area contributed by atoms with Gasteiger partial charge in [0.25, 0.3) is 0 Å². The molecule has 0 aromatic heterocycles. The number of benzene rings is 1. The summed E-state index contributed by atoms with van der Waals surface area (Å²) >= 11 is 0. The van der Waals surface area contributed by atoms with Crippen molar-refractivity contribution in [3.63, 3.8) is 0 Å². The normalized spacial score (nSPS) is 12.1. The lowest BCUT2D eigenvalue weighted by Gasteiger charge is -2.15. The topological polar surface area (TPSA) is 76.0 Å². The summed E-state index contributed by atoms with van der Waals surface area (Å²) in [5.41, 5.74) is 1.74. The molecule has 0 atom stereocenters. The molecule has 1 N–H and O–H groups in total. The number of hydrogen-bond donors (Lipinski definition) is 1. The van der Waals surface area contributed by atoms with Crippen molar-refractivity contribution in [2.75, 3.05) is 13.2 Å². The molecule has 132 valence electrons. The minimum Gasteiger partial charge on any atom is -0.494 e. The maximum atomic E-state index is 11.9. The van der Waals surface area contributed by atoms with Crippen LogP contribution in [0.5, 0.6) is 5.75 Å². The monoisotopic (exact) mass is 333 g/mol. The number of hydrogen-bond acceptors (Lipinski definition) is 4. The first-order valence-electron chi connectivity index (χ1n) is 8.15. The van der Waals surface area contributed by atoms with Crippen LogP contribution in [0.2, 0.25) is 0 Å². The molecule has 0 saturated carbocycles. The van der Waals surface area contributed by atoms with Gasteiger partial charge in [0.15, 0.2) is 5.78 Å². The molecule has 0 saturated heterocycles. The van der Waals surface area contributed by atoms with Gasteiger partial charge in [-0.05, 0) is 48.6 Å². The van der Waals surface area contributed by atoms with E-state index in [0.29, 0.717) is 25.2 Å². The number of rotatable bonds is 9. The average molecular weight is 333 g/mol. The highest BCUT2D eigenvalue weighted by Crippen LogP contribution is 2.19. The van der Waals surface area contributed by atoms with E-state index in [0.717, 1.165) is 11.3 Å². The SMILES string of the molecule is CC(=NCC(=O)CC(C)(C)C)c1ccc(OCCCC(=O)O)cc1. The smallest absolute Gasteiger partial charge is 0.303 e. The fraction of sp³-hybridized carbons (Fsp3) is 0.526. The molecule has 0 unspecified atom stereocenters. The summed E-state index contributed by atoms with van der Waals surface area (Å²) in [5, 5.41) is 8.57. The van der Waals surface area contributed by atoms with Gasteiger partial charge in [-0.25, -0.2) is 0 Å². The molecule has 0 aliphatic rings. The van der Waals surface area contributed by atoms with Crippen LogP contribution >= 0.6 is 0 Å². The Morgan fingerprint density at radius 2 is 1.79 bits per heavy atom. The summed E-state index contributed by atoms with van der Waals surface area (Å²) < 4.78 is 5.49. The molecule has 5 heteroatoms. The van der Waals surface area contributed by atoms with E-state index >= 15 is 0 Å². The van der Waals surface area contributed by atoms with Crippen molar-refractivity contribution in [1.82, 2.24) is 0 Å². The van der Waals surface area contributed by atoms with Crippen molar-refractivity contribution in [3.8, 4) is 5.75 Å². The molecule has 0 spiro atoms. The van der Waals surface area contributed by atoms with Crippen LogP contribution < -0.4 is 4.74 Å². The quantitative estimate of drug-likeness (QED) is 0.551. The molecule has 1 rings (SSSR count). The molecule has 0 aliphatic heterocycles. The number of nitrogens with zero attached hydrogens (tertiary/aromatic N) is 1. The molecule has 0 aliphatic carbocycles. The zero-order chi connectivity index (χ0) is 18.2. The van der Waals surface area contributed by atoms with Gasteiger partial charge < -0.3 is 9.84 Å². The number of aliphatic carboxylic acids is 1. The summed E-state index contributed by atoms with van der Waals surface area (Å²) in [4.78, 5) is 26.7. The van der Waals surface area contributed by atoms with E-state index in [1.54, 1.807) is 0 Å². The predicted molar refractivity (Wildman–Crippen MR) is 95.0 cm³/mol. The molecule has 0 bridgehead atoms. The third-order valence-corrected chi connectivity index (χ3v) is 3.30. The maximum absolute atomic E-state index is 11.9. The summed E-state index contributed by atoms with van der Waals surface area (Å²) in [5.74, 6) is 0.0165. The van der Waals surface area contributed by atoms with E-state index in [-0.39, 0.29) is 24.2 Å². The summed E-state index contributed by atoms with van der Waals surface area (Å²) in [6.45, 7) is 8.58. The second kappa shape index (κ2) is 9.21. The van der Waals surface area contributed by atoms with Gasteiger partial charge in [0.05, 0.1) is 13.2 Å². The van der Waals surface area contributed by atoms with Crippen LogP contribution in [-0.2, 0) is 9.59 Å². The van der Waals surface area contributed by atoms with Crippen molar-refractivity contribution < 1.29 is 19.4 Å². The minimum absolute atomic E-state index is 0.0138. The number of aliphatic imine (C=N–C) groups is 1. The maximum Gasteiger partial charge on any atom is 0.303 e. The number of carboxylic acid groups (broad SMARTS) is 1. The number of Topliss-reactive ketones (excluding diaryl/α,β-unsaturated/α-hetero) is 1. The Balaban J connectivity index is 2.50. The average Bonchev–Trinajstić information content (AvgIpc) is 2.48. The summed E-state index contributed by atoms with van der Waals surface area (Å²) in [6.07, 6.45) is 1.10. The first-order valence-corrected chi connectivity index (χ1v) is 8.15. The summed E-state index contributed by atoms with van der Waals surface area (Å²) in [7, 11) is 0. The largest absolute Gasteiger partial charge is 0.494 e. The van der Waals surface area contributed by atoms with Crippen LogP contribution in [0.15, 0.2) is 29.3 Å². The van der Waals surface area contributed by atoms with Crippen molar-refractivity contribution >= 4 is 17.5 Å². The van der Waals surface area contributed by atoms with Crippen LogP contribution in [0.3, 0.4) is 0 Å². The lowest BCUT2D eigenvalue weighted by atomic mass is 9.90. The number of carboxylic acids is 1. The third kappa shape index (κ3) is 8.46. The van der Waals surface area contributed by atoms with Gasteiger partial charge in [-0.3, -0.25) is 14.6 Å². The number of ether oxygens (including phenoxy) is 1. The number of ketones is 1. The van der Waals surface area contributed by atoms with Gasteiger partial charge in [0.2, 0.25) is 0 Å². The first-order chi connectivity index (χ1) is 11.2. The highest BCUT2D eigenvalue weighted by molar-refractivity contribution is 6.00. The van der Waals surface area contributed by atoms with E-state index < -0.39 is 5.97 Å². The standard InChI is InChI=1S/C19H27NO4/c1-14(20-13-16(21)12-19(2,3)4)15-7-9-17(10-8-15)24-11-5-6-18(22)23/h7-10H,5-6,11-13H2,1-4H3,(H,22,23). The van der Waals surface area contributed by atoms with Crippen LogP contribution in [0, 0.1) is 5.41 Å². The van der Waals surface area contributed by atoms with Gasteiger partial charge >= 0.3 is 5.97 Å². The van der Waals surface area contributed by atoms with E-state index in [4.69, 9.17) is 9.84 Å². The molecule has 1 aromatic rings. The fourth-order valence-electron chi connectivity index (χ4n) is 2.15. The van der Waals surface area contributed by atoms with E-state index in [9.17, 15) is 9.59 Å². The predicted octanol–water partition coefficient (Wildman–Crippen LogP) is 3.74. The van der Waals surface area contributed by atoms with Crippen LogP contribution in [-0.4, -0.2) is 35.7 Å². The van der Waals surface area contributed by atoms with Gasteiger partial charge in [-0.15, -0.1) is 0 Å². The molecular formula is C19H27NO4. The summed E-state index contributed by atoms with van der Waals surface area (Å²) in [6, 6.07) is 7.43. The zero-order valence-electron chi connectivity index (χ0n) is 15.0. The number of carbonyl (C=O) groups excluding carboxylic acids is 1. The third-order valence-electron chi connectivity index (χ3n) is 3.30. The Bertz CT molecular complexity index is 582. The second-order valence-electron chi connectivity index (χ2n) is 7.05. The molecule has 1 aromatic carbocycles. The van der Waals surface area contributed by atoms with Crippen molar-refractivity contribution in [2.45, 2.75) is 47.0 Å². The van der Waals surface area contributed by atoms with Crippen molar-refractivity contribution in [1.29, 1.82) is 0 Å². The Morgan fingerprint density at radius 3 is 2.33 bits per heavy atom. The van der Waals surface area contributed by atoms with E-state index in [1.165, 1.54) is 0 Å². The Labute approximate surface area is 143 Å². The number of carbonyl (C=O) groups is 2. The molecule has 0 radical (unpaired) electrons. The fourth-order valence-corrected chi connectivity index (χ4v) is 2.15. The van der Waals surface area contributed by atoms with Crippen LogP contribution in [0.1, 0.15) is 52.5 Å². The van der Waals surface area contributed by atoms with Gasteiger partial charge in [0.1, 0.15) is 5.75 Å². The van der Waals surface area contributed by atoms with E-state index in [1.807, 2.05) is 52.0 Å². The highest BCUT2D eigenvalue weighted by Gasteiger charge is 2.15. The van der Waals surface area contributed by atoms with Gasteiger partial charge in [0, 0.05) is 18.6 Å². The van der Waals surface area contributed by atoms with Gasteiger partial charge in [-0.2, -0.15) is 0 Å². The first kappa shape index (κ1) is 19.9. The second-order valence-corrected chi connectivity index (χ2v) is 7.05.